The molecule has 0 aliphatic heterocycles. The number of nitriles is 1. The number of rotatable bonds is 11. The summed E-state index contributed by atoms with van der Waals surface area (Å²) in [6.45, 7) is 4.56. The van der Waals surface area contributed by atoms with Crippen LogP contribution in [0, 0.1) is 11.3 Å². The first-order valence-corrected chi connectivity index (χ1v) is 12.5. The van der Waals surface area contributed by atoms with Crippen molar-refractivity contribution >= 4 is 28.4 Å². The lowest BCUT2D eigenvalue weighted by Gasteiger charge is -2.28. The van der Waals surface area contributed by atoms with Gasteiger partial charge in [-0.15, -0.1) is 0 Å². The van der Waals surface area contributed by atoms with Crippen LogP contribution in [-0.4, -0.2) is 40.8 Å². The molecule has 0 saturated heterocycles. The highest BCUT2D eigenvalue weighted by atomic mass is 35.5. The summed E-state index contributed by atoms with van der Waals surface area (Å²) >= 11 is 6.10. The third-order valence-electron chi connectivity index (χ3n) is 6.01. The fraction of sp³-hybridized carbons (Fsp3) is 0.241. The van der Waals surface area contributed by atoms with Gasteiger partial charge in [0.1, 0.15) is 47.3 Å². The van der Waals surface area contributed by atoms with Crippen molar-refractivity contribution in [2.75, 3.05) is 13.2 Å². The van der Waals surface area contributed by atoms with Gasteiger partial charge in [-0.05, 0) is 68.3 Å². The molecule has 1 atom stereocenters. The molecule has 0 aliphatic rings. The number of ether oxygens (including phenoxy) is 2. The Labute approximate surface area is 225 Å². The highest BCUT2D eigenvalue weighted by molar-refractivity contribution is 6.34. The largest absolute Gasteiger partial charge is 0.490 e. The fourth-order valence-corrected chi connectivity index (χ4v) is 4.42. The molecule has 0 saturated carbocycles. The summed E-state index contributed by atoms with van der Waals surface area (Å²) in [5.41, 5.74) is 7.61. The number of benzene rings is 3. The highest BCUT2D eigenvalue weighted by Crippen LogP contribution is 2.31. The molecule has 5 N–H and O–H groups in total. The van der Waals surface area contributed by atoms with E-state index in [0.717, 1.165) is 16.5 Å². The van der Waals surface area contributed by atoms with Crippen molar-refractivity contribution in [1.29, 1.82) is 5.26 Å². The van der Waals surface area contributed by atoms with E-state index in [-0.39, 0.29) is 22.7 Å². The van der Waals surface area contributed by atoms with Crippen molar-refractivity contribution < 1.29 is 19.4 Å². The Hall–Kier alpha value is -4.03. The van der Waals surface area contributed by atoms with Crippen molar-refractivity contribution in [2.45, 2.75) is 31.9 Å². The number of nitrogens with zero attached hydrogens (tertiary/aromatic N) is 1. The fourth-order valence-electron chi connectivity index (χ4n) is 4.16. The number of fused-ring (bicyclic) bond motifs is 1. The molecular formula is C29H29ClN4O4. The lowest BCUT2D eigenvalue weighted by atomic mass is 9.94. The smallest absolute Gasteiger partial charge is 0.254 e. The van der Waals surface area contributed by atoms with Gasteiger partial charge in [0.25, 0.3) is 5.91 Å². The minimum absolute atomic E-state index is 0.109. The second-order valence-corrected chi connectivity index (χ2v) is 10.0. The number of aromatic amines is 1. The molecule has 1 amide bonds. The van der Waals surface area contributed by atoms with Crippen molar-refractivity contribution in [2.24, 2.45) is 5.73 Å². The van der Waals surface area contributed by atoms with Crippen molar-refractivity contribution in [3.63, 3.8) is 0 Å². The molecule has 0 radical (unpaired) electrons. The van der Waals surface area contributed by atoms with Gasteiger partial charge in [-0.2, -0.15) is 5.26 Å². The number of β-amino-alcohol motifs (C(OH)–C–C–N with tert-alkyl or cyclic N) is 1. The molecule has 4 aromatic rings. The molecule has 8 nitrogen and oxygen atoms in total. The number of H-pyrrole nitrogens is 1. The van der Waals surface area contributed by atoms with Gasteiger partial charge in [-0.3, -0.25) is 4.79 Å². The zero-order chi connectivity index (χ0) is 27.3. The number of hydrogen-bond donors (Lipinski definition) is 4. The average Bonchev–Trinajstić information content (AvgIpc) is 3.31. The number of hydrogen-bond acceptors (Lipinski definition) is 6. The van der Waals surface area contributed by atoms with E-state index in [2.05, 4.69) is 30.2 Å². The van der Waals surface area contributed by atoms with E-state index in [1.54, 1.807) is 24.3 Å². The molecule has 9 heteroatoms. The van der Waals surface area contributed by atoms with Crippen LogP contribution in [0.1, 0.15) is 35.5 Å². The molecule has 0 unspecified atom stereocenters. The summed E-state index contributed by atoms with van der Waals surface area (Å²) in [6, 6.07) is 21.8. The Balaban J connectivity index is 1.30. The Bertz CT molecular complexity index is 1470. The molecule has 0 aliphatic carbocycles. The quantitative estimate of drug-likeness (QED) is 0.216. The van der Waals surface area contributed by atoms with Crippen LogP contribution in [0.4, 0.5) is 0 Å². The predicted octanol–water partition coefficient (Wildman–Crippen LogP) is 4.93. The summed E-state index contributed by atoms with van der Waals surface area (Å²) in [6.07, 6.45) is -0.0312. The number of carbonyl (C=O) groups excluding carboxylic acids is 1. The van der Waals surface area contributed by atoms with Gasteiger partial charge in [0.15, 0.2) is 0 Å². The summed E-state index contributed by atoms with van der Waals surface area (Å²) in [7, 11) is 0. The van der Waals surface area contributed by atoms with Gasteiger partial charge in [0, 0.05) is 17.5 Å². The van der Waals surface area contributed by atoms with E-state index in [9.17, 15) is 9.90 Å². The summed E-state index contributed by atoms with van der Waals surface area (Å²) in [5.74, 6) is 0.810. The molecule has 196 valence electrons. The van der Waals surface area contributed by atoms with Crippen LogP contribution in [-0.2, 0) is 6.42 Å². The lowest BCUT2D eigenvalue weighted by molar-refractivity contribution is 0.0995. The molecule has 1 aromatic heterocycles. The van der Waals surface area contributed by atoms with Gasteiger partial charge in [-0.25, -0.2) is 0 Å². The van der Waals surface area contributed by atoms with Crippen LogP contribution in [0.25, 0.3) is 10.9 Å². The zero-order valence-corrected chi connectivity index (χ0v) is 21.9. The number of carbonyl (C=O) groups is 1. The minimum atomic E-state index is -0.730. The van der Waals surface area contributed by atoms with Crippen LogP contribution in [0.5, 0.6) is 17.2 Å². The molecule has 38 heavy (non-hydrogen) atoms. The van der Waals surface area contributed by atoms with Crippen molar-refractivity contribution in [1.82, 2.24) is 10.3 Å². The van der Waals surface area contributed by atoms with Crippen LogP contribution < -0.4 is 20.5 Å². The number of aromatic nitrogens is 1. The average molecular weight is 533 g/mol. The first-order valence-electron chi connectivity index (χ1n) is 12.1. The van der Waals surface area contributed by atoms with Gasteiger partial charge < -0.3 is 30.6 Å². The number of amides is 1. The first-order chi connectivity index (χ1) is 18.1. The molecule has 3 aromatic carbocycles. The van der Waals surface area contributed by atoms with E-state index in [4.69, 9.17) is 32.1 Å². The van der Waals surface area contributed by atoms with Crippen molar-refractivity contribution in [3.8, 4) is 23.3 Å². The Morgan fingerprint density at radius 1 is 1.16 bits per heavy atom. The number of primary amides is 1. The predicted molar refractivity (Wildman–Crippen MR) is 147 cm³/mol. The number of aliphatic hydroxyl groups excluding tert-OH is 1. The van der Waals surface area contributed by atoms with Crippen LogP contribution in [0.15, 0.2) is 66.7 Å². The van der Waals surface area contributed by atoms with E-state index in [0.29, 0.717) is 35.9 Å². The third-order valence-corrected chi connectivity index (χ3v) is 6.33. The second kappa shape index (κ2) is 11.6. The second-order valence-electron chi connectivity index (χ2n) is 9.64. The summed E-state index contributed by atoms with van der Waals surface area (Å²) in [4.78, 5) is 14.8. The maximum atomic E-state index is 11.7. The summed E-state index contributed by atoms with van der Waals surface area (Å²) < 4.78 is 11.7. The van der Waals surface area contributed by atoms with Crippen LogP contribution >= 0.6 is 11.6 Å². The van der Waals surface area contributed by atoms with E-state index >= 15 is 0 Å². The van der Waals surface area contributed by atoms with Crippen LogP contribution in [0.2, 0.25) is 5.02 Å². The summed E-state index contributed by atoms with van der Waals surface area (Å²) in [5, 5.41) is 24.1. The molecule has 0 fully saturated rings. The highest BCUT2D eigenvalue weighted by Gasteiger charge is 2.20. The van der Waals surface area contributed by atoms with Gasteiger partial charge >= 0.3 is 0 Å². The molecule has 4 rings (SSSR count). The monoisotopic (exact) mass is 532 g/mol. The molecule has 1 heterocycles. The van der Waals surface area contributed by atoms with Gasteiger partial charge in [0.2, 0.25) is 0 Å². The van der Waals surface area contributed by atoms with Crippen LogP contribution in [0.3, 0.4) is 0 Å². The van der Waals surface area contributed by atoms with Crippen molar-refractivity contribution in [3.05, 3.63) is 88.6 Å². The Kier molecular flexibility index (Phi) is 8.23. The Morgan fingerprint density at radius 2 is 1.87 bits per heavy atom. The topological polar surface area (TPSA) is 133 Å². The van der Waals surface area contributed by atoms with E-state index < -0.39 is 12.0 Å². The normalized spacial score (nSPS) is 12.2. The van der Waals surface area contributed by atoms with Gasteiger partial charge in [0.05, 0.1) is 10.5 Å². The lowest BCUT2D eigenvalue weighted by Crippen LogP contribution is -2.46. The third kappa shape index (κ3) is 6.64. The van der Waals surface area contributed by atoms with E-state index in [1.165, 1.54) is 0 Å². The van der Waals surface area contributed by atoms with E-state index in [1.807, 2.05) is 42.5 Å². The van der Waals surface area contributed by atoms with Gasteiger partial charge in [-0.1, -0.05) is 35.9 Å². The zero-order valence-electron chi connectivity index (χ0n) is 21.1. The number of nitrogens with two attached hydrogens (primary N) is 1. The molecule has 0 bridgehead atoms. The molecule has 0 spiro atoms. The number of nitrogens with one attached hydrogen (secondary N) is 2. The SMILES string of the molecule is CC(C)(Cc1ccc(Oc2cccc(Cl)c2C(N)=O)cc1)NC[C@H](O)COc1cccc2[nH]c(C#N)cc12. The Morgan fingerprint density at radius 3 is 2.58 bits per heavy atom. The molecular weight excluding hydrogens is 504 g/mol. The minimum Gasteiger partial charge on any atom is -0.490 e. The number of halogens is 1. The number of aliphatic hydroxyl groups is 1. The standard InChI is InChI=1S/C29H29ClN4O4/c1-29(2,33-16-20(35)17-37-25-7-4-6-24-22(25)13-19(15-31)34-24)14-18-9-11-21(12-10-18)38-26-8-3-5-23(30)27(26)28(32)36/h3-13,20,33-35H,14,16-17H2,1-2H3,(H2,32,36)/t20-/m0/s1. The maximum Gasteiger partial charge on any atom is 0.254 e. The first kappa shape index (κ1) is 27.0. The maximum absolute atomic E-state index is 11.7.